The second kappa shape index (κ2) is 8.71. The molecule has 0 aliphatic carbocycles. The maximum Gasteiger partial charge on any atom is 0.260 e. The summed E-state index contributed by atoms with van der Waals surface area (Å²) in [6, 6.07) is 13.0. The van der Waals surface area contributed by atoms with Gasteiger partial charge in [-0.2, -0.15) is 0 Å². The van der Waals surface area contributed by atoms with E-state index in [0.717, 1.165) is 28.0 Å². The third kappa shape index (κ3) is 4.66. The Hall–Kier alpha value is -3.48. The Labute approximate surface area is 181 Å². The van der Waals surface area contributed by atoms with Crippen LogP contribution in [0.4, 0.5) is 0 Å². The summed E-state index contributed by atoms with van der Waals surface area (Å²) in [5, 5.41) is 0. The van der Waals surface area contributed by atoms with Crippen molar-refractivity contribution in [2.24, 2.45) is 0 Å². The molecule has 1 saturated heterocycles. The molecule has 0 unspecified atom stereocenters. The second-order valence-electron chi connectivity index (χ2n) is 7.87. The maximum atomic E-state index is 13.0. The van der Waals surface area contributed by atoms with Gasteiger partial charge in [-0.1, -0.05) is 17.7 Å². The van der Waals surface area contributed by atoms with Gasteiger partial charge in [0.25, 0.3) is 11.8 Å². The lowest BCUT2D eigenvalue weighted by atomic mass is 10.1. The molecular weight excluding hydrogens is 392 g/mol. The van der Waals surface area contributed by atoms with E-state index in [1.807, 2.05) is 51.1 Å². The number of amides is 2. The molecule has 2 aromatic carbocycles. The van der Waals surface area contributed by atoms with E-state index < -0.39 is 0 Å². The predicted octanol–water partition coefficient (Wildman–Crippen LogP) is 2.92. The van der Waals surface area contributed by atoms with Gasteiger partial charge in [-0.15, -0.1) is 0 Å². The minimum atomic E-state index is -0.0699. The summed E-state index contributed by atoms with van der Waals surface area (Å²) in [6.45, 7) is 7.81. The normalized spacial score (nSPS) is 14.0. The molecule has 2 heterocycles. The molecule has 3 aromatic rings. The number of ether oxygens (including phenoxy) is 1. The first-order chi connectivity index (χ1) is 14.9. The molecule has 1 aromatic heterocycles. The summed E-state index contributed by atoms with van der Waals surface area (Å²) in [6.07, 6.45) is 0. The Balaban J connectivity index is 1.34. The number of carbonyl (C=O) groups is 2. The summed E-state index contributed by atoms with van der Waals surface area (Å²) >= 11 is 0. The van der Waals surface area contributed by atoms with E-state index in [4.69, 9.17) is 4.74 Å². The van der Waals surface area contributed by atoms with Crippen molar-refractivity contribution in [2.45, 2.75) is 20.8 Å². The van der Waals surface area contributed by atoms with Crippen LogP contribution in [0.5, 0.6) is 5.75 Å². The summed E-state index contributed by atoms with van der Waals surface area (Å²) in [5.41, 5.74) is 4.98. The van der Waals surface area contributed by atoms with Gasteiger partial charge < -0.3 is 14.5 Å². The summed E-state index contributed by atoms with van der Waals surface area (Å²) in [5.74, 6) is 0.557. The van der Waals surface area contributed by atoms with E-state index in [0.29, 0.717) is 37.5 Å². The number of aromatic nitrogens is 2. The molecule has 0 N–H and O–H groups in total. The van der Waals surface area contributed by atoms with Crippen LogP contribution in [0.25, 0.3) is 11.0 Å². The molecular formula is C24H26N4O3. The van der Waals surface area contributed by atoms with E-state index in [-0.39, 0.29) is 18.4 Å². The van der Waals surface area contributed by atoms with Crippen LogP contribution in [0.2, 0.25) is 0 Å². The molecule has 0 atom stereocenters. The molecule has 1 fully saturated rings. The minimum Gasteiger partial charge on any atom is -0.484 e. The van der Waals surface area contributed by atoms with E-state index in [9.17, 15) is 9.59 Å². The highest BCUT2D eigenvalue weighted by Crippen LogP contribution is 2.17. The molecule has 0 saturated carbocycles. The molecule has 0 radical (unpaired) electrons. The van der Waals surface area contributed by atoms with Crippen LogP contribution in [-0.2, 0) is 4.79 Å². The lowest BCUT2D eigenvalue weighted by Crippen LogP contribution is -2.51. The zero-order valence-corrected chi connectivity index (χ0v) is 18.1. The largest absolute Gasteiger partial charge is 0.484 e. The van der Waals surface area contributed by atoms with Crippen molar-refractivity contribution in [1.29, 1.82) is 0 Å². The van der Waals surface area contributed by atoms with Crippen LogP contribution in [0.3, 0.4) is 0 Å². The molecule has 2 amide bonds. The van der Waals surface area contributed by atoms with Gasteiger partial charge in [-0.05, 0) is 51.1 Å². The summed E-state index contributed by atoms with van der Waals surface area (Å²) in [7, 11) is 0. The van der Waals surface area contributed by atoms with Gasteiger partial charge >= 0.3 is 0 Å². The molecule has 7 heteroatoms. The van der Waals surface area contributed by atoms with Gasteiger partial charge in [0.15, 0.2) is 6.61 Å². The quantitative estimate of drug-likeness (QED) is 0.651. The van der Waals surface area contributed by atoms with E-state index in [1.165, 1.54) is 0 Å². The monoisotopic (exact) mass is 418 g/mol. The molecule has 7 nitrogen and oxygen atoms in total. The molecule has 0 spiro atoms. The summed E-state index contributed by atoms with van der Waals surface area (Å²) in [4.78, 5) is 38.0. The fourth-order valence-corrected chi connectivity index (χ4v) is 3.58. The van der Waals surface area contributed by atoms with E-state index in [2.05, 4.69) is 9.97 Å². The zero-order valence-electron chi connectivity index (χ0n) is 18.1. The Morgan fingerprint density at radius 1 is 0.839 bits per heavy atom. The average molecular weight is 418 g/mol. The highest BCUT2D eigenvalue weighted by molar-refractivity contribution is 5.97. The van der Waals surface area contributed by atoms with Gasteiger partial charge in [0.05, 0.1) is 22.4 Å². The van der Waals surface area contributed by atoms with Gasteiger partial charge in [0.2, 0.25) is 0 Å². The molecule has 160 valence electrons. The van der Waals surface area contributed by atoms with Gasteiger partial charge in [-0.25, -0.2) is 9.97 Å². The van der Waals surface area contributed by atoms with Crippen molar-refractivity contribution in [3.05, 3.63) is 65.0 Å². The van der Waals surface area contributed by atoms with Crippen LogP contribution in [0.15, 0.2) is 42.5 Å². The second-order valence-corrected chi connectivity index (χ2v) is 7.87. The van der Waals surface area contributed by atoms with E-state index in [1.54, 1.807) is 21.9 Å². The van der Waals surface area contributed by atoms with Crippen molar-refractivity contribution in [3.63, 3.8) is 0 Å². The lowest BCUT2D eigenvalue weighted by molar-refractivity contribution is -0.134. The van der Waals surface area contributed by atoms with Crippen LogP contribution in [-0.4, -0.2) is 64.4 Å². The maximum absolute atomic E-state index is 13.0. The number of hydrogen-bond donors (Lipinski definition) is 0. The first-order valence-electron chi connectivity index (χ1n) is 10.4. The third-order valence-corrected chi connectivity index (χ3v) is 5.63. The molecule has 1 aliphatic rings. The van der Waals surface area contributed by atoms with Crippen LogP contribution in [0, 0.1) is 20.8 Å². The minimum absolute atomic E-state index is 0.000874. The molecule has 0 bridgehead atoms. The number of nitrogens with zero attached hydrogens (tertiary/aromatic N) is 4. The Bertz CT molecular complexity index is 1120. The number of aryl methyl sites for hydroxylation is 3. The third-order valence-electron chi connectivity index (χ3n) is 5.63. The smallest absolute Gasteiger partial charge is 0.260 e. The van der Waals surface area contributed by atoms with Gasteiger partial charge in [-0.3, -0.25) is 9.59 Å². The standard InChI is InChI=1S/C24H26N4O3/c1-16-4-7-20(8-5-16)31-15-23(29)27-10-12-28(13-11-27)24(30)19-6-9-21-22(14-19)26-18(3)17(2)25-21/h4-9,14H,10-13,15H2,1-3H3. The Kier molecular flexibility index (Phi) is 5.84. The van der Waals surface area contributed by atoms with Crippen molar-refractivity contribution < 1.29 is 14.3 Å². The molecule has 4 rings (SSSR count). The number of benzene rings is 2. The first-order valence-corrected chi connectivity index (χ1v) is 10.4. The number of piperazine rings is 1. The van der Waals surface area contributed by atoms with Crippen LogP contribution in [0.1, 0.15) is 27.3 Å². The Morgan fingerprint density at radius 3 is 2.13 bits per heavy atom. The fraction of sp³-hybridized carbons (Fsp3) is 0.333. The Morgan fingerprint density at radius 2 is 1.45 bits per heavy atom. The van der Waals surface area contributed by atoms with Crippen molar-refractivity contribution >= 4 is 22.8 Å². The average Bonchev–Trinajstić information content (AvgIpc) is 2.78. The fourth-order valence-electron chi connectivity index (χ4n) is 3.58. The van der Waals surface area contributed by atoms with E-state index >= 15 is 0 Å². The van der Waals surface area contributed by atoms with Gasteiger partial charge in [0, 0.05) is 31.7 Å². The number of rotatable bonds is 4. The van der Waals surface area contributed by atoms with Crippen molar-refractivity contribution in [2.75, 3.05) is 32.8 Å². The number of carbonyl (C=O) groups excluding carboxylic acids is 2. The first kappa shape index (κ1) is 20.8. The number of hydrogen-bond acceptors (Lipinski definition) is 5. The summed E-state index contributed by atoms with van der Waals surface area (Å²) < 4.78 is 5.59. The highest BCUT2D eigenvalue weighted by atomic mass is 16.5. The molecule has 1 aliphatic heterocycles. The zero-order chi connectivity index (χ0) is 22.0. The lowest BCUT2D eigenvalue weighted by Gasteiger charge is -2.34. The van der Waals surface area contributed by atoms with Gasteiger partial charge in [0.1, 0.15) is 5.75 Å². The van der Waals surface area contributed by atoms with Crippen LogP contribution < -0.4 is 4.74 Å². The highest BCUT2D eigenvalue weighted by Gasteiger charge is 2.25. The predicted molar refractivity (Wildman–Crippen MR) is 118 cm³/mol. The van der Waals surface area contributed by atoms with Crippen molar-refractivity contribution in [3.8, 4) is 5.75 Å². The van der Waals surface area contributed by atoms with Crippen LogP contribution >= 0.6 is 0 Å². The topological polar surface area (TPSA) is 75.6 Å². The molecule has 31 heavy (non-hydrogen) atoms. The van der Waals surface area contributed by atoms with Crippen molar-refractivity contribution in [1.82, 2.24) is 19.8 Å². The number of fused-ring (bicyclic) bond motifs is 1. The SMILES string of the molecule is Cc1ccc(OCC(=O)N2CCN(C(=O)c3ccc4nc(C)c(C)nc4c3)CC2)cc1.